The van der Waals surface area contributed by atoms with E-state index < -0.39 is 0 Å². The van der Waals surface area contributed by atoms with Gasteiger partial charge in [-0.2, -0.15) is 0 Å². The molecule has 1 aliphatic heterocycles. The molecule has 19 heavy (non-hydrogen) atoms. The number of hydrogen-bond acceptors (Lipinski definition) is 3. The highest BCUT2D eigenvalue weighted by Crippen LogP contribution is 2.41. The molecule has 98 valence electrons. The molecule has 3 rings (SSSR count). The summed E-state index contributed by atoms with van der Waals surface area (Å²) in [6.07, 6.45) is 3.60. The molecule has 0 saturated heterocycles. The molecular weight excluding hydrogens is 281 g/mol. The number of fused-ring (bicyclic) bond motifs is 1. The molecule has 0 aliphatic carbocycles. The maximum absolute atomic E-state index is 6.30. The first-order valence-corrected chi connectivity index (χ1v) is 6.81. The average Bonchev–Trinajstić information content (AvgIpc) is 2.83. The van der Waals surface area contributed by atoms with Gasteiger partial charge >= 0.3 is 0 Å². The first-order chi connectivity index (χ1) is 9.22. The van der Waals surface area contributed by atoms with Gasteiger partial charge in [0.15, 0.2) is 0 Å². The van der Waals surface area contributed by atoms with Crippen molar-refractivity contribution in [3.05, 3.63) is 57.8 Å². The predicted molar refractivity (Wildman–Crippen MR) is 78.7 cm³/mol. The maximum atomic E-state index is 6.30. The van der Waals surface area contributed by atoms with Gasteiger partial charge in [-0.1, -0.05) is 29.3 Å². The summed E-state index contributed by atoms with van der Waals surface area (Å²) >= 11 is 12.4. The zero-order valence-electron chi connectivity index (χ0n) is 10.2. The molecule has 0 bridgehead atoms. The number of aromatic nitrogens is 1. The Morgan fingerprint density at radius 2 is 2.16 bits per heavy atom. The second-order valence-electron chi connectivity index (χ2n) is 4.52. The number of nitrogens with two attached hydrogens (primary N) is 1. The summed E-state index contributed by atoms with van der Waals surface area (Å²) in [5.74, 6) is 0. The molecule has 0 fully saturated rings. The molecule has 2 N–H and O–H groups in total. The highest BCUT2D eigenvalue weighted by Gasteiger charge is 2.31. The van der Waals surface area contributed by atoms with Crippen molar-refractivity contribution in [1.29, 1.82) is 0 Å². The standard InChI is InChI=1S/C14H13Cl2N3/c15-12-4-3-10-11(14(12)16)8-19(13(10)6-17)9-2-1-5-18-7-9/h1-5,7,13H,6,8,17H2. The van der Waals surface area contributed by atoms with Crippen LogP contribution in [0.2, 0.25) is 10.0 Å². The molecule has 1 atom stereocenters. The van der Waals surface area contributed by atoms with Gasteiger partial charge in [0.2, 0.25) is 0 Å². The van der Waals surface area contributed by atoms with Gasteiger partial charge < -0.3 is 10.6 Å². The molecule has 1 aromatic heterocycles. The molecule has 1 aromatic carbocycles. The van der Waals surface area contributed by atoms with Gasteiger partial charge in [0.25, 0.3) is 0 Å². The summed E-state index contributed by atoms with van der Waals surface area (Å²) in [5.41, 5.74) is 9.19. The van der Waals surface area contributed by atoms with E-state index in [1.54, 1.807) is 6.20 Å². The number of nitrogens with zero attached hydrogens (tertiary/aromatic N) is 2. The smallest absolute Gasteiger partial charge is 0.0672 e. The van der Waals surface area contributed by atoms with Crippen molar-refractivity contribution >= 4 is 28.9 Å². The van der Waals surface area contributed by atoms with Crippen LogP contribution in [0.3, 0.4) is 0 Å². The van der Waals surface area contributed by atoms with E-state index in [2.05, 4.69) is 9.88 Å². The lowest BCUT2D eigenvalue weighted by molar-refractivity contribution is 0.678. The lowest BCUT2D eigenvalue weighted by Gasteiger charge is -2.25. The van der Waals surface area contributed by atoms with Crippen LogP contribution < -0.4 is 10.6 Å². The summed E-state index contributed by atoms with van der Waals surface area (Å²) in [4.78, 5) is 6.37. The lowest BCUT2D eigenvalue weighted by Crippen LogP contribution is -2.27. The number of benzene rings is 1. The van der Waals surface area contributed by atoms with Crippen molar-refractivity contribution < 1.29 is 0 Å². The van der Waals surface area contributed by atoms with E-state index in [1.165, 1.54) is 0 Å². The summed E-state index contributed by atoms with van der Waals surface area (Å²) in [5, 5.41) is 1.22. The molecule has 3 nitrogen and oxygen atoms in total. The Labute approximate surface area is 122 Å². The predicted octanol–water partition coefficient (Wildman–Crippen LogP) is 3.41. The first-order valence-electron chi connectivity index (χ1n) is 6.06. The number of hydrogen-bond donors (Lipinski definition) is 1. The Hall–Kier alpha value is -1.29. The molecule has 0 radical (unpaired) electrons. The number of pyridine rings is 1. The topological polar surface area (TPSA) is 42.1 Å². The Morgan fingerprint density at radius 3 is 2.84 bits per heavy atom. The summed E-state index contributed by atoms with van der Waals surface area (Å²) in [7, 11) is 0. The van der Waals surface area contributed by atoms with Gasteiger partial charge in [-0.25, -0.2) is 0 Å². The monoisotopic (exact) mass is 293 g/mol. The van der Waals surface area contributed by atoms with Gasteiger partial charge in [0, 0.05) is 19.3 Å². The Kier molecular flexibility index (Phi) is 3.35. The third-order valence-corrected chi connectivity index (χ3v) is 4.34. The van der Waals surface area contributed by atoms with E-state index in [4.69, 9.17) is 28.9 Å². The summed E-state index contributed by atoms with van der Waals surface area (Å²) < 4.78 is 0. The fourth-order valence-electron chi connectivity index (χ4n) is 2.58. The fourth-order valence-corrected chi connectivity index (χ4v) is 2.99. The van der Waals surface area contributed by atoms with Crippen LogP contribution in [-0.4, -0.2) is 11.5 Å². The van der Waals surface area contributed by atoms with E-state index in [0.717, 1.165) is 16.8 Å². The Morgan fingerprint density at radius 1 is 1.32 bits per heavy atom. The van der Waals surface area contributed by atoms with Gasteiger partial charge in [-0.15, -0.1) is 0 Å². The minimum Gasteiger partial charge on any atom is -0.358 e. The SMILES string of the molecule is NCC1c2ccc(Cl)c(Cl)c2CN1c1cccnc1. The Bertz CT molecular complexity index is 601. The van der Waals surface area contributed by atoms with Gasteiger partial charge in [-0.05, 0) is 29.3 Å². The minimum absolute atomic E-state index is 0.119. The van der Waals surface area contributed by atoms with E-state index in [0.29, 0.717) is 23.1 Å². The van der Waals surface area contributed by atoms with E-state index in [9.17, 15) is 0 Å². The molecule has 0 amide bonds. The largest absolute Gasteiger partial charge is 0.358 e. The quantitative estimate of drug-likeness (QED) is 0.923. The van der Waals surface area contributed by atoms with Crippen molar-refractivity contribution in [2.75, 3.05) is 11.4 Å². The molecule has 2 heterocycles. The minimum atomic E-state index is 0.119. The molecule has 1 aliphatic rings. The second kappa shape index (κ2) is 5.00. The van der Waals surface area contributed by atoms with Crippen molar-refractivity contribution in [2.24, 2.45) is 5.73 Å². The third kappa shape index (κ3) is 2.08. The van der Waals surface area contributed by atoms with Gasteiger partial charge in [0.05, 0.1) is 28.0 Å². The highest BCUT2D eigenvalue weighted by molar-refractivity contribution is 6.42. The number of anilines is 1. The van der Waals surface area contributed by atoms with Crippen molar-refractivity contribution in [1.82, 2.24) is 4.98 Å². The summed E-state index contributed by atoms with van der Waals surface area (Å²) in [6, 6.07) is 7.90. The molecular formula is C14H13Cl2N3. The fraction of sp³-hybridized carbons (Fsp3) is 0.214. The molecule has 5 heteroatoms. The van der Waals surface area contributed by atoms with Gasteiger partial charge in [-0.3, -0.25) is 4.98 Å². The van der Waals surface area contributed by atoms with Crippen molar-refractivity contribution in [3.63, 3.8) is 0 Å². The van der Waals surface area contributed by atoms with Crippen LogP contribution in [0, 0.1) is 0 Å². The normalized spacial score (nSPS) is 17.6. The Balaban J connectivity index is 2.06. The average molecular weight is 294 g/mol. The van der Waals surface area contributed by atoms with Crippen LogP contribution >= 0.6 is 23.2 Å². The molecule has 0 saturated carbocycles. The van der Waals surface area contributed by atoms with E-state index in [1.807, 2.05) is 30.5 Å². The van der Waals surface area contributed by atoms with Crippen LogP contribution in [0.5, 0.6) is 0 Å². The van der Waals surface area contributed by atoms with Crippen LogP contribution in [0.25, 0.3) is 0 Å². The number of rotatable bonds is 2. The van der Waals surface area contributed by atoms with Crippen LogP contribution in [0.1, 0.15) is 17.2 Å². The first kappa shape index (κ1) is 12.7. The second-order valence-corrected chi connectivity index (χ2v) is 5.30. The number of halogens is 2. The van der Waals surface area contributed by atoms with E-state index >= 15 is 0 Å². The zero-order chi connectivity index (χ0) is 13.4. The highest BCUT2D eigenvalue weighted by atomic mass is 35.5. The van der Waals surface area contributed by atoms with Crippen LogP contribution in [0.4, 0.5) is 5.69 Å². The molecule has 2 aromatic rings. The van der Waals surface area contributed by atoms with Gasteiger partial charge in [0.1, 0.15) is 0 Å². The molecule has 0 spiro atoms. The third-order valence-electron chi connectivity index (χ3n) is 3.50. The van der Waals surface area contributed by atoms with Crippen molar-refractivity contribution in [3.8, 4) is 0 Å². The zero-order valence-corrected chi connectivity index (χ0v) is 11.7. The lowest BCUT2D eigenvalue weighted by atomic mass is 10.0. The van der Waals surface area contributed by atoms with Crippen LogP contribution in [0.15, 0.2) is 36.7 Å². The van der Waals surface area contributed by atoms with Crippen LogP contribution in [-0.2, 0) is 6.54 Å². The molecule has 1 unspecified atom stereocenters. The maximum Gasteiger partial charge on any atom is 0.0672 e. The summed E-state index contributed by atoms with van der Waals surface area (Å²) in [6.45, 7) is 1.24. The van der Waals surface area contributed by atoms with Crippen molar-refractivity contribution in [2.45, 2.75) is 12.6 Å². The van der Waals surface area contributed by atoms with E-state index in [-0.39, 0.29) is 6.04 Å².